The predicted molar refractivity (Wildman–Crippen MR) is 307 cm³/mol. The van der Waals surface area contributed by atoms with Gasteiger partial charge in [0.05, 0.1) is 0 Å². The van der Waals surface area contributed by atoms with Crippen molar-refractivity contribution in [1.29, 1.82) is 0 Å². The zero-order valence-electron chi connectivity index (χ0n) is 45.3. The van der Waals surface area contributed by atoms with Gasteiger partial charge in [0.1, 0.15) is 0 Å². The van der Waals surface area contributed by atoms with E-state index in [1.165, 1.54) is 226 Å². The van der Waals surface area contributed by atoms with Gasteiger partial charge >= 0.3 is 301 Å². The number of hydrogen-bond acceptors (Lipinski definition) is 4. The number of rotatable bonds is 42. The predicted octanol–water partition coefficient (Wildman–Crippen LogP) is 20.8. The Morgan fingerprint density at radius 1 is 0.364 bits per heavy atom. The zero-order valence-corrected chi connectivity index (χ0v) is 52.6. The third-order valence-corrected chi connectivity index (χ3v) is 35.3. The molecule has 2 atom stereocenters. The van der Waals surface area contributed by atoms with E-state index >= 15 is 0 Å². The molecule has 0 fully saturated rings. The van der Waals surface area contributed by atoms with Gasteiger partial charge in [-0.25, -0.2) is 0 Å². The summed E-state index contributed by atoms with van der Waals surface area (Å²) in [6.07, 6.45) is 43.6. The molecule has 3 aromatic rings. The molecule has 2 unspecified atom stereocenters. The Labute approximate surface area is 427 Å². The van der Waals surface area contributed by atoms with E-state index in [-0.39, 0.29) is 0 Å². The third-order valence-electron chi connectivity index (χ3n) is 14.1. The molecular weight excluding hydrogens is 1050 g/mol. The summed E-state index contributed by atoms with van der Waals surface area (Å²) in [5.74, 6) is 3.37. The molecule has 0 saturated carbocycles. The molecule has 2 nitrogen and oxygen atoms in total. The van der Waals surface area contributed by atoms with Crippen LogP contribution in [0.5, 0.6) is 11.5 Å². The van der Waals surface area contributed by atoms with Crippen LogP contribution in [0.1, 0.15) is 233 Å². The Kier molecular flexibility index (Phi) is 32.7. The van der Waals surface area contributed by atoms with Crippen molar-refractivity contribution >= 4 is 65.2 Å². The van der Waals surface area contributed by atoms with E-state index in [4.69, 9.17) is 9.47 Å². The molecule has 0 radical (unpaired) electrons. The Hall–Kier alpha value is -0.183. The Balaban J connectivity index is 1.97. The summed E-state index contributed by atoms with van der Waals surface area (Å²) in [7, 11) is 0. The molecule has 0 amide bonds. The first-order valence-electron chi connectivity index (χ1n) is 28.6. The second-order valence-electron chi connectivity index (χ2n) is 22.7. The van der Waals surface area contributed by atoms with Gasteiger partial charge in [0.15, 0.2) is 0 Å². The van der Waals surface area contributed by atoms with Crippen LogP contribution in [-0.4, -0.2) is 50.0 Å². The SMILES string of the molecule is CCCCCCCCCCC(CCCCCCCC)COc1cc(-c2cc[c]([Sn]([CH3])([CH3])[CH3])s2)c(OCC(CCCCCCCC)CCCCCCCCCC)cc1-c1cc[c]([Sn]([CH3])([CH3])[CH3])s1. The normalized spacial score (nSPS) is 13.1. The summed E-state index contributed by atoms with van der Waals surface area (Å²) in [5, 5.41) is 0. The van der Waals surface area contributed by atoms with Crippen LogP contribution in [0.3, 0.4) is 0 Å². The Morgan fingerprint density at radius 3 is 0.864 bits per heavy atom. The molecule has 0 aliphatic carbocycles. The molecule has 1 aromatic carbocycles. The monoisotopic (exact) mass is 1160 g/mol. The van der Waals surface area contributed by atoms with Crippen molar-refractivity contribution < 1.29 is 9.47 Å². The first-order chi connectivity index (χ1) is 31.9. The van der Waals surface area contributed by atoms with E-state index in [1.54, 1.807) is 5.79 Å². The molecule has 0 saturated heterocycles. The van der Waals surface area contributed by atoms with Gasteiger partial charge in [-0.05, 0) is 0 Å². The van der Waals surface area contributed by atoms with Crippen molar-refractivity contribution in [2.75, 3.05) is 13.2 Å². The zero-order chi connectivity index (χ0) is 47.9. The first kappa shape index (κ1) is 60.1. The molecule has 0 bridgehead atoms. The van der Waals surface area contributed by atoms with Gasteiger partial charge in [-0.15, -0.1) is 0 Å². The Bertz CT molecular complexity index is 1510. The number of benzene rings is 1. The van der Waals surface area contributed by atoms with E-state index in [1.807, 2.05) is 22.7 Å². The Morgan fingerprint density at radius 2 is 0.621 bits per heavy atom. The summed E-state index contributed by atoms with van der Waals surface area (Å²) in [6, 6.07) is 14.6. The van der Waals surface area contributed by atoms with Gasteiger partial charge in [0, 0.05) is 0 Å². The maximum atomic E-state index is 7.27. The molecule has 2 heterocycles. The van der Waals surface area contributed by atoms with Crippen molar-refractivity contribution in [3.8, 4) is 32.4 Å². The molecule has 0 N–H and O–H groups in total. The molecule has 6 heteroatoms. The average molecular weight is 1160 g/mol. The second-order valence-corrected chi connectivity index (χ2v) is 55.7. The summed E-state index contributed by atoms with van der Waals surface area (Å²) < 4.78 is 17.8. The van der Waals surface area contributed by atoms with Crippen molar-refractivity contribution in [2.45, 2.75) is 263 Å². The van der Waals surface area contributed by atoms with Crippen LogP contribution in [0.2, 0.25) is 29.6 Å². The van der Waals surface area contributed by atoms with E-state index < -0.39 is 36.8 Å². The first-order valence-corrected chi connectivity index (χ1v) is 50.2. The van der Waals surface area contributed by atoms with Gasteiger partial charge in [-0.2, -0.15) is 0 Å². The quantitative estimate of drug-likeness (QED) is 0.0416. The fourth-order valence-electron chi connectivity index (χ4n) is 9.55. The van der Waals surface area contributed by atoms with Gasteiger partial charge in [-0.1, -0.05) is 130 Å². The van der Waals surface area contributed by atoms with Crippen molar-refractivity contribution in [2.24, 2.45) is 11.8 Å². The van der Waals surface area contributed by atoms with E-state index in [2.05, 4.69) is 93.7 Å². The number of unbranched alkanes of at least 4 members (excludes halogenated alkanes) is 24. The molecule has 378 valence electrons. The van der Waals surface area contributed by atoms with E-state index in [9.17, 15) is 0 Å². The maximum absolute atomic E-state index is 7.27. The van der Waals surface area contributed by atoms with Crippen LogP contribution in [0.25, 0.3) is 20.9 Å². The van der Waals surface area contributed by atoms with Crippen molar-refractivity contribution in [3.63, 3.8) is 0 Å². The van der Waals surface area contributed by atoms with Crippen LogP contribution in [-0.2, 0) is 0 Å². The molecule has 0 aliphatic heterocycles. The van der Waals surface area contributed by atoms with Crippen LogP contribution >= 0.6 is 22.7 Å². The number of hydrogen-bond donors (Lipinski definition) is 0. The summed E-state index contributed by atoms with van der Waals surface area (Å²) >= 11 is -0.492. The molecule has 66 heavy (non-hydrogen) atoms. The molecule has 0 spiro atoms. The standard InChI is InChI=1S/C54H88O2S2.6CH3.2Sn/c1-5-9-13-17-21-23-27-31-37-47(35-29-25-19-15-11-7-3)45-55-51-43-50(54-40-34-42-58-54)52(44-49(51)53-39-33-41-57-53)56-46-48(36-30-26-20-16-12-8-4)38-32-28-24-22-18-14-10-6-2;;;;;;;;/h33-34,39-40,43-44,47-48H,5-32,35-38,45-46H2,1-4H3;6*1H3;;. The number of ether oxygens (including phenoxy) is 2. The molecule has 2 aromatic heterocycles. The summed E-state index contributed by atoms with van der Waals surface area (Å²) in [5.41, 5.74) is 2.52. The van der Waals surface area contributed by atoms with E-state index in [0.717, 1.165) is 24.7 Å². The average Bonchev–Trinajstić information content (AvgIpc) is 4.00. The van der Waals surface area contributed by atoms with Gasteiger partial charge in [-0.3, -0.25) is 0 Å². The minimum atomic E-state index is -2.29. The number of thiophene rings is 2. The molecular formula is C60H106O2S2Sn2. The van der Waals surface area contributed by atoms with Gasteiger partial charge < -0.3 is 0 Å². The summed E-state index contributed by atoms with van der Waals surface area (Å²) in [4.78, 5) is 18.1. The molecule has 0 aliphatic rings. The van der Waals surface area contributed by atoms with Gasteiger partial charge in [0.25, 0.3) is 0 Å². The second kappa shape index (κ2) is 35.8. The van der Waals surface area contributed by atoms with Crippen LogP contribution < -0.4 is 15.3 Å². The van der Waals surface area contributed by atoms with Crippen LogP contribution in [0, 0.1) is 11.8 Å². The van der Waals surface area contributed by atoms with Crippen molar-refractivity contribution in [1.82, 2.24) is 0 Å². The van der Waals surface area contributed by atoms with Crippen LogP contribution in [0.15, 0.2) is 36.4 Å². The summed E-state index contributed by atoms with van der Waals surface area (Å²) in [6.45, 7) is 10.9. The van der Waals surface area contributed by atoms with Crippen molar-refractivity contribution in [3.05, 3.63) is 36.4 Å². The van der Waals surface area contributed by atoms with Gasteiger partial charge in [0.2, 0.25) is 0 Å². The topological polar surface area (TPSA) is 18.5 Å². The molecule has 3 rings (SSSR count). The van der Waals surface area contributed by atoms with Crippen LogP contribution in [0.4, 0.5) is 0 Å². The fourth-order valence-corrected chi connectivity index (χ4v) is 22.2. The minimum absolute atomic E-state index is 0.607. The van der Waals surface area contributed by atoms with E-state index in [0.29, 0.717) is 11.8 Å². The third kappa shape index (κ3) is 25.3. The fraction of sp³-hybridized carbons (Fsp3) is 0.767.